The maximum Gasteiger partial charge on any atom is 0.255 e. The lowest BCUT2D eigenvalue weighted by Crippen LogP contribution is -2.13. The van der Waals surface area contributed by atoms with Crippen molar-refractivity contribution in [1.82, 2.24) is 0 Å². The van der Waals surface area contributed by atoms with Crippen LogP contribution in [0.2, 0.25) is 0 Å². The number of hydrogen-bond donors (Lipinski definition) is 1. The van der Waals surface area contributed by atoms with E-state index in [-0.39, 0.29) is 5.91 Å². The van der Waals surface area contributed by atoms with Crippen LogP contribution in [0, 0.1) is 0 Å². The van der Waals surface area contributed by atoms with Crippen molar-refractivity contribution in [1.29, 1.82) is 0 Å². The van der Waals surface area contributed by atoms with E-state index in [0.717, 1.165) is 22.6 Å². The molecule has 0 spiro atoms. The van der Waals surface area contributed by atoms with Crippen LogP contribution in [-0.4, -0.2) is 13.0 Å². The van der Waals surface area contributed by atoms with Crippen LogP contribution in [0.5, 0.6) is 11.5 Å². The number of amides is 1. The first-order valence-corrected chi connectivity index (χ1v) is 10.7. The monoisotopic (exact) mass is 417 g/mol. The van der Waals surface area contributed by atoms with Crippen molar-refractivity contribution in [2.24, 2.45) is 0 Å². The molecule has 0 atom stereocenters. The number of carbonyl (C=O) groups excluding carboxylic acids is 1. The summed E-state index contributed by atoms with van der Waals surface area (Å²) in [5.41, 5.74) is 4.55. The van der Waals surface area contributed by atoms with Crippen molar-refractivity contribution in [2.45, 2.75) is 46.1 Å². The molecular weight excluding hydrogens is 386 g/mol. The summed E-state index contributed by atoms with van der Waals surface area (Å²) in [5.74, 6) is 2.19. The number of methoxy groups -OCH3 is 1. The Morgan fingerprint density at radius 2 is 1.58 bits per heavy atom. The number of benzene rings is 3. The van der Waals surface area contributed by atoms with Gasteiger partial charge in [0.2, 0.25) is 0 Å². The molecule has 1 amide bonds. The number of anilines is 1. The topological polar surface area (TPSA) is 47.6 Å². The number of hydrogen-bond acceptors (Lipinski definition) is 3. The van der Waals surface area contributed by atoms with Gasteiger partial charge in [-0.25, -0.2) is 0 Å². The Morgan fingerprint density at radius 1 is 0.871 bits per heavy atom. The molecule has 0 aliphatic carbocycles. The first-order chi connectivity index (χ1) is 14.9. The summed E-state index contributed by atoms with van der Waals surface area (Å²) in [6.07, 6.45) is 0. The smallest absolute Gasteiger partial charge is 0.255 e. The maximum absolute atomic E-state index is 12.8. The summed E-state index contributed by atoms with van der Waals surface area (Å²) in [5, 5.41) is 2.97. The van der Waals surface area contributed by atoms with Gasteiger partial charge in [0, 0.05) is 16.8 Å². The fourth-order valence-electron chi connectivity index (χ4n) is 3.43. The minimum absolute atomic E-state index is 0.163. The first kappa shape index (κ1) is 22.4. The van der Waals surface area contributed by atoms with E-state index in [9.17, 15) is 4.79 Å². The molecule has 0 saturated heterocycles. The van der Waals surface area contributed by atoms with Gasteiger partial charge in [-0.15, -0.1) is 0 Å². The second-order valence-electron chi connectivity index (χ2n) is 8.24. The molecular formula is C27H31NO3. The lowest BCUT2D eigenvalue weighted by Gasteiger charge is -2.16. The van der Waals surface area contributed by atoms with Crippen LogP contribution in [0.4, 0.5) is 5.69 Å². The van der Waals surface area contributed by atoms with Gasteiger partial charge in [0.25, 0.3) is 5.91 Å². The summed E-state index contributed by atoms with van der Waals surface area (Å²) in [6, 6.07) is 21.4. The molecule has 0 saturated carbocycles. The normalized spacial score (nSPS) is 10.9. The molecule has 3 rings (SSSR count). The standard InChI is InChI=1S/C27H31NO3/c1-18(2)20-10-13-23(14-11-20)28-27(29)21-12-15-25(30-5)22(16-21)17-31-26-9-7-6-8-24(26)19(3)4/h6-16,18-19H,17H2,1-5H3,(H,28,29). The van der Waals surface area contributed by atoms with E-state index in [1.807, 2.05) is 54.6 Å². The molecule has 0 aliphatic rings. The van der Waals surface area contributed by atoms with Gasteiger partial charge in [-0.05, 0) is 59.4 Å². The molecule has 3 aromatic rings. The van der Waals surface area contributed by atoms with Gasteiger partial charge < -0.3 is 14.8 Å². The zero-order valence-corrected chi connectivity index (χ0v) is 18.9. The highest BCUT2D eigenvalue weighted by Crippen LogP contribution is 2.28. The maximum atomic E-state index is 12.8. The van der Waals surface area contributed by atoms with Crippen molar-refractivity contribution in [3.8, 4) is 11.5 Å². The zero-order valence-electron chi connectivity index (χ0n) is 18.9. The van der Waals surface area contributed by atoms with E-state index in [2.05, 4.69) is 39.1 Å². The van der Waals surface area contributed by atoms with Crippen LogP contribution in [0.25, 0.3) is 0 Å². The van der Waals surface area contributed by atoms with E-state index in [1.54, 1.807) is 13.2 Å². The predicted octanol–water partition coefficient (Wildman–Crippen LogP) is 6.77. The van der Waals surface area contributed by atoms with Gasteiger partial charge in [0.05, 0.1) is 7.11 Å². The highest BCUT2D eigenvalue weighted by Gasteiger charge is 2.13. The van der Waals surface area contributed by atoms with Gasteiger partial charge in [0.1, 0.15) is 18.1 Å². The van der Waals surface area contributed by atoms with Crippen LogP contribution in [0.15, 0.2) is 66.7 Å². The van der Waals surface area contributed by atoms with Crippen LogP contribution in [-0.2, 0) is 6.61 Å². The molecule has 0 bridgehead atoms. The number of carbonyl (C=O) groups is 1. The minimum Gasteiger partial charge on any atom is -0.496 e. The molecule has 4 nitrogen and oxygen atoms in total. The summed E-state index contributed by atoms with van der Waals surface area (Å²) in [7, 11) is 1.62. The summed E-state index contributed by atoms with van der Waals surface area (Å²) >= 11 is 0. The zero-order chi connectivity index (χ0) is 22.4. The lowest BCUT2D eigenvalue weighted by molar-refractivity contribution is 0.102. The Morgan fingerprint density at radius 3 is 2.23 bits per heavy atom. The van der Waals surface area contributed by atoms with Crippen LogP contribution < -0.4 is 14.8 Å². The van der Waals surface area contributed by atoms with Crippen molar-refractivity contribution in [3.63, 3.8) is 0 Å². The fraction of sp³-hybridized carbons (Fsp3) is 0.296. The number of ether oxygens (including phenoxy) is 2. The van der Waals surface area contributed by atoms with E-state index >= 15 is 0 Å². The number of rotatable bonds is 8. The summed E-state index contributed by atoms with van der Waals surface area (Å²) in [4.78, 5) is 12.8. The molecule has 4 heteroatoms. The third kappa shape index (κ3) is 5.66. The van der Waals surface area contributed by atoms with Gasteiger partial charge in [0.15, 0.2) is 0 Å². The Bertz CT molecular complexity index is 1020. The lowest BCUT2D eigenvalue weighted by atomic mass is 10.0. The number of nitrogens with one attached hydrogen (secondary N) is 1. The molecule has 1 N–H and O–H groups in total. The SMILES string of the molecule is COc1ccc(C(=O)Nc2ccc(C(C)C)cc2)cc1COc1ccccc1C(C)C. The Labute approximate surface area is 185 Å². The van der Waals surface area contributed by atoms with Crippen LogP contribution in [0.1, 0.15) is 66.6 Å². The largest absolute Gasteiger partial charge is 0.496 e. The Balaban J connectivity index is 1.76. The summed E-state index contributed by atoms with van der Waals surface area (Å²) < 4.78 is 11.6. The molecule has 0 fully saturated rings. The fourth-order valence-corrected chi connectivity index (χ4v) is 3.43. The second kappa shape index (κ2) is 10.2. The van der Waals surface area contributed by atoms with Crippen molar-refractivity contribution >= 4 is 11.6 Å². The third-order valence-corrected chi connectivity index (χ3v) is 5.30. The van der Waals surface area contributed by atoms with Crippen molar-refractivity contribution in [3.05, 3.63) is 89.0 Å². The molecule has 162 valence electrons. The highest BCUT2D eigenvalue weighted by atomic mass is 16.5. The second-order valence-corrected chi connectivity index (χ2v) is 8.24. The van der Waals surface area contributed by atoms with E-state index < -0.39 is 0 Å². The molecule has 0 aliphatic heterocycles. The average Bonchev–Trinajstić information content (AvgIpc) is 2.77. The molecule has 0 radical (unpaired) electrons. The summed E-state index contributed by atoms with van der Waals surface area (Å²) in [6.45, 7) is 8.89. The van der Waals surface area contributed by atoms with Crippen molar-refractivity contribution in [2.75, 3.05) is 12.4 Å². The van der Waals surface area contributed by atoms with Crippen LogP contribution >= 0.6 is 0 Å². The minimum atomic E-state index is -0.163. The molecule has 0 aromatic heterocycles. The van der Waals surface area contributed by atoms with Gasteiger partial charge in [-0.2, -0.15) is 0 Å². The molecule has 0 unspecified atom stereocenters. The Kier molecular flexibility index (Phi) is 7.35. The molecule has 3 aromatic carbocycles. The quantitative estimate of drug-likeness (QED) is 0.440. The average molecular weight is 418 g/mol. The van der Waals surface area contributed by atoms with E-state index in [4.69, 9.17) is 9.47 Å². The highest BCUT2D eigenvalue weighted by molar-refractivity contribution is 6.04. The van der Waals surface area contributed by atoms with Crippen molar-refractivity contribution < 1.29 is 14.3 Å². The first-order valence-electron chi connectivity index (χ1n) is 10.7. The van der Waals surface area contributed by atoms with E-state index in [0.29, 0.717) is 29.8 Å². The van der Waals surface area contributed by atoms with Gasteiger partial charge in [-0.1, -0.05) is 58.0 Å². The molecule has 0 heterocycles. The Hall–Kier alpha value is -3.27. The van der Waals surface area contributed by atoms with Gasteiger partial charge in [-0.3, -0.25) is 4.79 Å². The molecule has 31 heavy (non-hydrogen) atoms. The van der Waals surface area contributed by atoms with Crippen LogP contribution in [0.3, 0.4) is 0 Å². The number of para-hydroxylation sites is 1. The van der Waals surface area contributed by atoms with E-state index in [1.165, 1.54) is 5.56 Å². The van der Waals surface area contributed by atoms with Gasteiger partial charge >= 0.3 is 0 Å². The predicted molar refractivity (Wildman–Crippen MR) is 126 cm³/mol. The third-order valence-electron chi connectivity index (χ3n) is 5.30.